The lowest BCUT2D eigenvalue weighted by molar-refractivity contribution is 0.481. The molecule has 1 aromatic heterocycles. The molecule has 0 saturated carbocycles. The Morgan fingerprint density at radius 2 is 1.92 bits per heavy atom. The number of nitrogens with zero attached hydrogens (tertiary/aromatic N) is 3. The first-order valence-corrected chi connectivity index (χ1v) is 8.18. The molecule has 0 aliphatic carbocycles. The summed E-state index contributed by atoms with van der Waals surface area (Å²) in [5.74, 6) is 2.30. The van der Waals surface area contributed by atoms with E-state index in [1.54, 1.807) is 6.21 Å². The fraction of sp³-hybridized carbons (Fsp3) is 0.150. The van der Waals surface area contributed by atoms with Gasteiger partial charge in [0.05, 0.1) is 6.21 Å². The van der Waals surface area contributed by atoms with E-state index < -0.39 is 0 Å². The molecule has 130 valence electrons. The Hall–Kier alpha value is -3.59. The maximum Gasteiger partial charge on any atom is 0.252 e. The van der Waals surface area contributed by atoms with Crippen molar-refractivity contribution in [2.75, 3.05) is 5.43 Å². The van der Waals surface area contributed by atoms with Gasteiger partial charge in [0.2, 0.25) is 11.6 Å². The molecule has 0 atom stereocenters. The Labute approximate surface area is 151 Å². The van der Waals surface area contributed by atoms with Gasteiger partial charge in [-0.3, -0.25) is 0 Å². The average molecular weight is 346 g/mol. The summed E-state index contributed by atoms with van der Waals surface area (Å²) in [6.07, 6.45) is 1.62. The number of benzene rings is 2. The SMILES string of the molecule is CC(C)c1nc(C#N)c(NN=Cc2cccc(Oc3ccccc3)c2)o1. The van der Waals surface area contributed by atoms with Crippen molar-refractivity contribution in [1.82, 2.24) is 4.98 Å². The number of oxazole rings is 1. The highest BCUT2D eigenvalue weighted by Crippen LogP contribution is 2.23. The standard InChI is InChI=1S/C20H18N4O2/c1-14(2)19-23-18(12-21)20(26-19)24-22-13-15-7-6-10-17(11-15)25-16-8-4-3-5-9-16/h3-11,13-14,24H,1-2H3. The van der Waals surface area contributed by atoms with Gasteiger partial charge in [-0.1, -0.05) is 44.2 Å². The van der Waals surface area contributed by atoms with Gasteiger partial charge in [-0.05, 0) is 29.8 Å². The van der Waals surface area contributed by atoms with Gasteiger partial charge in [-0.2, -0.15) is 10.4 Å². The number of nitrogens with one attached hydrogen (secondary N) is 1. The first kappa shape index (κ1) is 17.2. The number of hydrazone groups is 1. The number of hydrogen-bond acceptors (Lipinski definition) is 6. The van der Waals surface area contributed by atoms with Crippen LogP contribution in [0.3, 0.4) is 0 Å². The van der Waals surface area contributed by atoms with E-state index in [4.69, 9.17) is 14.4 Å². The molecule has 6 nitrogen and oxygen atoms in total. The van der Waals surface area contributed by atoms with Crippen molar-refractivity contribution in [2.45, 2.75) is 19.8 Å². The van der Waals surface area contributed by atoms with Crippen LogP contribution in [0.25, 0.3) is 0 Å². The molecule has 0 aliphatic rings. The summed E-state index contributed by atoms with van der Waals surface area (Å²) >= 11 is 0. The highest BCUT2D eigenvalue weighted by Gasteiger charge is 2.14. The van der Waals surface area contributed by atoms with Gasteiger partial charge in [-0.15, -0.1) is 0 Å². The monoisotopic (exact) mass is 346 g/mol. The van der Waals surface area contributed by atoms with Crippen LogP contribution >= 0.6 is 0 Å². The summed E-state index contributed by atoms with van der Waals surface area (Å²) < 4.78 is 11.3. The molecule has 0 saturated heterocycles. The summed E-state index contributed by atoms with van der Waals surface area (Å²) in [5.41, 5.74) is 3.76. The molecule has 0 unspecified atom stereocenters. The quantitative estimate of drug-likeness (QED) is 0.506. The molecular weight excluding hydrogens is 328 g/mol. The zero-order valence-corrected chi connectivity index (χ0v) is 14.5. The van der Waals surface area contributed by atoms with Crippen molar-refractivity contribution in [1.29, 1.82) is 5.26 Å². The predicted molar refractivity (Wildman–Crippen MR) is 99.5 cm³/mol. The summed E-state index contributed by atoms with van der Waals surface area (Å²) in [7, 11) is 0. The Balaban J connectivity index is 1.70. The number of rotatable bonds is 6. The van der Waals surface area contributed by atoms with Gasteiger partial charge < -0.3 is 9.15 Å². The van der Waals surface area contributed by atoms with Crippen LogP contribution in [0.5, 0.6) is 11.5 Å². The maximum atomic E-state index is 9.13. The minimum atomic E-state index is 0.0912. The first-order valence-electron chi connectivity index (χ1n) is 8.18. The van der Waals surface area contributed by atoms with Crippen LogP contribution in [-0.4, -0.2) is 11.2 Å². The third-order valence-corrected chi connectivity index (χ3v) is 3.46. The van der Waals surface area contributed by atoms with Crippen molar-refractivity contribution >= 4 is 12.1 Å². The molecular formula is C20H18N4O2. The van der Waals surface area contributed by atoms with Crippen molar-refractivity contribution in [2.24, 2.45) is 5.10 Å². The van der Waals surface area contributed by atoms with Crippen molar-refractivity contribution < 1.29 is 9.15 Å². The van der Waals surface area contributed by atoms with Crippen LogP contribution < -0.4 is 10.2 Å². The number of aromatic nitrogens is 1. The van der Waals surface area contributed by atoms with Gasteiger partial charge in [0, 0.05) is 5.92 Å². The zero-order chi connectivity index (χ0) is 18.4. The smallest absolute Gasteiger partial charge is 0.252 e. The Morgan fingerprint density at radius 3 is 2.65 bits per heavy atom. The summed E-state index contributed by atoms with van der Waals surface area (Å²) in [6, 6.07) is 19.1. The topological polar surface area (TPSA) is 83.4 Å². The highest BCUT2D eigenvalue weighted by atomic mass is 16.5. The van der Waals surface area contributed by atoms with E-state index in [-0.39, 0.29) is 17.5 Å². The second kappa shape index (κ2) is 7.99. The molecule has 0 fully saturated rings. The van der Waals surface area contributed by atoms with E-state index >= 15 is 0 Å². The molecule has 0 aliphatic heterocycles. The lowest BCUT2D eigenvalue weighted by Gasteiger charge is -2.05. The maximum absolute atomic E-state index is 9.13. The summed E-state index contributed by atoms with van der Waals surface area (Å²) in [6.45, 7) is 3.89. The fourth-order valence-corrected chi connectivity index (χ4v) is 2.18. The normalized spacial score (nSPS) is 10.8. The Kier molecular flexibility index (Phi) is 5.30. The molecule has 2 aromatic carbocycles. The minimum absolute atomic E-state index is 0.0912. The zero-order valence-electron chi connectivity index (χ0n) is 14.5. The fourth-order valence-electron chi connectivity index (χ4n) is 2.18. The molecule has 1 heterocycles. The van der Waals surface area contributed by atoms with Crippen molar-refractivity contribution in [3.05, 3.63) is 71.7 Å². The van der Waals surface area contributed by atoms with E-state index in [1.807, 2.05) is 74.5 Å². The van der Waals surface area contributed by atoms with Crippen LogP contribution in [0.15, 0.2) is 64.1 Å². The molecule has 0 bridgehead atoms. The molecule has 0 amide bonds. The number of hydrogen-bond donors (Lipinski definition) is 1. The second-order valence-corrected chi connectivity index (χ2v) is 5.85. The molecule has 0 radical (unpaired) electrons. The molecule has 1 N–H and O–H groups in total. The summed E-state index contributed by atoms with van der Waals surface area (Å²) in [4.78, 5) is 4.13. The third-order valence-electron chi connectivity index (χ3n) is 3.46. The van der Waals surface area contributed by atoms with Crippen molar-refractivity contribution in [3.8, 4) is 17.6 Å². The van der Waals surface area contributed by atoms with E-state index in [2.05, 4.69) is 15.5 Å². The van der Waals surface area contributed by atoms with Gasteiger partial charge in [-0.25, -0.2) is 10.4 Å². The molecule has 3 rings (SSSR count). The van der Waals surface area contributed by atoms with Gasteiger partial charge >= 0.3 is 0 Å². The van der Waals surface area contributed by atoms with Crippen LogP contribution in [0.2, 0.25) is 0 Å². The Morgan fingerprint density at radius 1 is 1.15 bits per heavy atom. The van der Waals surface area contributed by atoms with E-state index in [0.29, 0.717) is 11.6 Å². The van der Waals surface area contributed by atoms with Crippen molar-refractivity contribution in [3.63, 3.8) is 0 Å². The molecule has 6 heteroatoms. The number of ether oxygens (including phenoxy) is 1. The number of anilines is 1. The van der Waals surface area contributed by atoms with Gasteiger partial charge in [0.1, 0.15) is 17.6 Å². The second-order valence-electron chi connectivity index (χ2n) is 5.85. The largest absolute Gasteiger partial charge is 0.457 e. The minimum Gasteiger partial charge on any atom is -0.457 e. The number of nitriles is 1. The average Bonchev–Trinajstić information content (AvgIpc) is 3.06. The van der Waals surface area contributed by atoms with E-state index in [1.165, 1.54) is 0 Å². The molecule has 3 aromatic rings. The van der Waals surface area contributed by atoms with E-state index in [9.17, 15) is 0 Å². The summed E-state index contributed by atoms with van der Waals surface area (Å²) in [5, 5.41) is 13.3. The first-order chi connectivity index (χ1) is 12.7. The van der Waals surface area contributed by atoms with E-state index in [0.717, 1.165) is 11.3 Å². The highest BCUT2D eigenvalue weighted by molar-refractivity contribution is 5.80. The van der Waals surface area contributed by atoms with Crippen LogP contribution in [0, 0.1) is 11.3 Å². The van der Waals surface area contributed by atoms with Crippen LogP contribution in [0.1, 0.15) is 36.9 Å². The lowest BCUT2D eigenvalue weighted by Crippen LogP contribution is -1.92. The van der Waals surface area contributed by atoms with Crippen LogP contribution in [0.4, 0.5) is 5.88 Å². The number of para-hydroxylation sites is 1. The van der Waals surface area contributed by atoms with Gasteiger partial charge in [0.15, 0.2) is 0 Å². The Bertz CT molecular complexity index is 940. The lowest BCUT2D eigenvalue weighted by atomic mass is 10.2. The molecule has 26 heavy (non-hydrogen) atoms. The van der Waals surface area contributed by atoms with Gasteiger partial charge in [0.25, 0.3) is 5.88 Å². The predicted octanol–water partition coefficient (Wildman–Crippen LogP) is 4.91. The molecule has 0 spiro atoms. The van der Waals surface area contributed by atoms with Crippen LogP contribution in [-0.2, 0) is 0 Å². The third kappa shape index (κ3) is 4.28.